The number of nitrogens with zero attached hydrogens (tertiary/aromatic N) is 1. The van der Waals surface area contributed by atoms with Gasteiger partial charge in [0.15, 0.2) is 0 Å². The van der Waals surface area contributed by atoms with Crippen LogP contribution < -0.4 is 4.72 Å². The summed E-state index contributed by atoms with van der Waals surface area (Å²) in [6.45, 7) is 3.27. The molecule has 2 N–H and O–H groups in total. The van der Waals surface area contributed by atoms with Gasteiger partial charge in [-0.05, 0) is 32.4 Å². The standard InChI is InChI=1S/C10H15ClN2O3S/c1-7(6-8(2)14)13-17(15,16)9-4-3-5-12-10(9)11/h3-5,7-8,13-14H,6H2,1-2H3. The van der Waals surface area contributed by atoms with Crippen molar-refractivity contribution in [1.29, 1.82) is 0 Å². The molecule has 0 bridgehead atoms. The van der Waals surface area contributed by atoms with Crippen LogP contribution in [0.1, 0.15) is 20.3 Å². The van der Waals surface area contributed by atoms with E-state index in [0.29, 0.717) is 6.42 Å². The zero-order valence-corrected chi connectivity index (χ0v) is 11.2. The Labute approximate surface area is 106 Å². The highest BCUT2D eigenvalue weighted by atomic mass is 35.5. The van der Waals surface area contributed by atoms with Crippen LogP contribution in [0, 0.1) is 0 Å². The maximum atomic E-state index is 11.9. The summed E-state index contributed by atoms with van der Waals surface area (Å²) in [6, 6.07) is 2.50. The summed E-state index contributed by atoms with van der Waals surface area (Å²) in [4.78, 5) is 3.65. The van der Waals surface area contributed by atoms with Gasteiger partial charge in [-0.1, -0.05) is 11.6 Å². The third-order valence-electron chi connectivity index (χ3n) is 2.07. The van der Waals surface area contributed by atoms with Gasteiger partial charge in [-0.2, -0.15) is 0 Å². The lowest BCUT2D eigenvalue weighted by molar-refractivity contribution is 0.175. The summed E-state index contributed by atoms with van der Waals surface area (Å²) >= 11 is 5.72. The number of aromatic nitrogens is 1. The van der Waals surface area contributed by atoms with Gasteiger partial charge in [0.2, 0.25) is 10.0 Å². The summed E-state index contributed by atoms with van der Waals surface area (Å²) in [6.07, 6.45) is 1.18. The van der Waals surface area contributed by atoms with Gasteiger partial charge in [0.25, 0.3) is 0 Å². The third-order valence-corrected chi connectivity index (χ3v) is 4.10. The minimum atomic E-state index is -3.69. The predicted molar refractivity (Wildman–Crippen MR) is 65.3 cm³/mol. The molecule has 1 aromatic heterocycles. The van der Waals surface area contributed by atoms with E-state index in [-0.39, 0.29) is 16.1 Å². The molecule has 1 aromatic rings. The van der Waals surface area contributed by atoms with Crippen molar-refractivity contribution in [1.82, 2.24) is 9.71 Å². The van der Waals surface area contributed by atoms with Crippen molar-refractivity contribution in [2.45, 2.75) is 37.3 Å². The van der Waals surface area contributed by atoms with Crippen LogP contribution in [0.2, 0.25) is 5.15 Å². The molecule has 2 atom stereocenters. The molecule has 0 saturated carbocycles. The number of rotatable bonds is 5. The first-order valence-corrected chi connectivity index (χ1v) is 7.00. The Morgan fingerprint density at radius 3 is 2.71 bits per heavy atom. The van der Waals surface area contributed by atoms with Crippen LogP contribution in [-0.4, -0.2) is 30.7 Å². The van der Waals surface area contributed by atoms with Crippen molar-refractivity contribution in [3.05, 3.63) is 23.5 Å². The van der Waals surface area contributed by atoms with Crippen molar-refractivity contribution in [3.8, 4) is 0 Å². The summed E-state index contributed by atoms with van der Waals surface area (Å²) in [5, 5.41) is 9.11. The lowest BCUT2D eigenvalue weighted by Crippen LogP contribution is -2.34. The van der Waals surface area contributed by atoms with E-state index >= 15 is 0 Å². The van der Waals surface area contributed by atoms with E-state index in [1.165, 1.54) is 18.3 Å². The highest BCUT2D eigenvalue weighted by Gasteiger charge is 2.21. The number of hydrogen-bond donors (Lipinski definition) is 2. The molecule has 0 aromatic carbocycles. The van der Waals surface area contributed by atoms with Crippen molar-refractivity contribution >= 4 is 21.6 Å². The first kappa shape index (κ1) is 14.4. The second kappa shape index (κ2) is 5.77. The smallest absolute Gasteiger partial charge is 0.243 e. The van der Waals surface area contributed by atoms with Crippen LogP contribution in [-0.2, 0) is 10.0 Å². The van der Waals surface area contributed by atoms with Crippen LogP contribution in [0.4, 0.5) is 0 Å². The number of hydrogen-bond acceptors (Lipinski definition) is 4. The molecule has 0 fully saturated rings. The fourth-order valence-electron chi connectivity index (χ4n) is 1.46. The molecule has 0 aliphatic carbocycles. The first-order valence-electron chi connectivity index (χ1n) is 5.14. The SMILES string of the molecule is CC(O)CC(C)NS(=O)(=O)c1cccnc1Cl. The molecule has 96 valence electrons. The van der Waals surface area contributed by atoms with E-state index in [1.54, 1.807) is 13.8 Å². The maximum Gasteiger partial charge on any atom is 0.243 e. The highest BCUT2D eigenvalue weighted by molar-refractivity contribution is 7.89. The van der Waals surface area contributed by atoms with Gasteiger partial charge in [-0.15, -0.1) is 0 Å². The van der Waals surface area contributed by atoms with Crippen molar-refractivity contribution in [2.75, 3.05) is 0 Å². The van der Waals surface area contributed by atoms with Gasteiger partial charge >= 0.3 is 0 Å². The molecule has 17 heavy (non-hydrogen) atoms. The van der Waals surface area contributed by atoms with E-state index in [2.05, 4.69) is 9.71 Å². The number of sulfonamides is 1. The van der Waals surface area contributed by atoms with E-state index < -0.39 is 16.1 Å². The number of nitrogens with one attached hydrogen (secondary N) is 1. The number of aliphatic hydroxyl groups excluding tert-OH is 1. The average molecular weight is 279 g/mol. The lowest BCUT2D eigenvalue weighted by Gasteiger charge is -2.15. The van der Waals surface area contributed by atoms with Gasteiger partial charge in [-0.25, -0.2) is 18.1 Å². The Hall–Kier alpha value is -0.690. The minimum absolute atomic E-state index is 0.0564. The molecule has 1 heterocycles. The van der Waals surface area contributed by atoms with Crippen LogP contribution in [0.5, 0.6) is 0 Å². The molecule has 0 spiro atoms. The molecular weight excluding hydrogens is 264 g/mol. The van der Waals surface area contributed by atoms with Gasteiger partial charge in [0, 0.05) is 12.2 Å². The molecule has 0 radical (unpaired) electrons. The molecule has 0 saturated heterocycles. The lowest BCUT2D eigenvalue weighted by atomic mass is 10.2. The second-order valence-corrected chi connectivity index (χ2v) is 5.94. The maximum absolute atomic E-state index is 11.9. The quantitative estimate of drug-likeness (QED) is 0.793. The van der Waals surface area contributed by atoms with E-state index in [4.69, 9.17) is 11.6 Å². The van der Waals surface area contributed by atoms with Crippen molar-refractivity contribution < 1.29 is 13.5 Å². The molecule has 0 amide bonds. The number of halogens is 1. The number of pyridine rings is 1. The molecule has 1 rings (SSSR count). The largest absolute Gasteiger partial charge is 0.393 e. The summed E-state index contributed by atoms with van der Waals surface area (Å²) in [7, 11) is -3.69. The van der Waals surface area contributed by atoms with Gasteiger partial charge in [0.1, 0.15) is 10.0 Å². The highest BCUT2D eigenvalue weighted by Crippen LogP contribution is 2.18. The molecule has 5 nitrogen and oxygen atoms in total. The van der Waals surface area contributed by atoms with Crippen LogP contribution >= 0.6 is 11.6 Å². The fourth-order valence-corrected chi connectivity index (χ4v) is 3.17. The van der Waals surface area contributed by atoms with Crippen molar-refractivity contribution in [2.24, 2.45) is 0 Å². The van der Waals surface area contributed by atoms with E-state index in [1.807, 2.05) is 0 Å². The molecular formula is C10H15ClN2O3S. The Morgan fingerprint density at radius 1 is 1.53 bits per heavy atom. The monoisotopic (exact) mass is 278 g/mol. The minimum Gasteiger partial charge on any atom is -0.393 e. The molecule has 2 unspecified atom stereocenters. The van der Waals surface area contributed by atoms with Gasteiger partial charge < -0.3 is 5.11 Å². The Kier molecular flexibility index (Phi) is 4.88. The number of aliphatic hydroxyl groups is 1. The average Bonchev–Trinajstić information content (AvgIpc) is 2.15. The third kappa shape index (κ3) is 4.23. The normalized spacial score (nSPS) is 15.5. The Bertz CT molecular complexity index is 476. The Balaban J connectivity index is 2.86. The van der Waals surface area contributed by atoms with Gasteiger partial charge in [0.05, 0.1) is 6.10 Å². The Morgan fingerprint density at radius 2 is 2.18 bits per heavy atom. The van der Waals surface area contributed by atoms with E-state index in [9.17, 15) is 13.5 Å². The van der Waals surface area contributed by atoms with Crippen LogP contribution in [0.25, 0.3) is 0 Å². The first-order chi connectivity index (χ1) is 7.83. The second-order valence-electron chi connectivity index (χ2n) is 3.90. The van der Waals surface area contributed by atoms with E-state index in [0.717, 1.165) is 0 Å². The summed E-state index contributed by atoms with van der Waals surface area (Å²) in [5.41, 5.74) is 0. The molecule has 7 heteroatoms. The summed E-state index contributed by atoms with van der Waals surface area (Å²) < 4.78 is 26.3. The fraction of sp³-hybridized carbons (Fsp3) is 0.500. The van der Waals surface area contributed by atoms with Crippen LogP contribution in [0.15, 0.2) is 23.2 Å². The molecule has 0 aliphatic heterocycles. The van der Waals surface area contributed by atoms with Gasteiger partial charge in [-0.3, -0.25) is 0 Å². The summed E-state index contributed by atoms with van der Waals surface area (Å²) in [5.74, 6) is 0. The predicted octanol–water partition coefficient (Wildman–Crippen LogP) is 1.17. The van der Waals surface area contributed by atoms with Crippen molar-refractivity contribution in [3.63, 3.8) is 0 Å². The zero-order chi connectivity index (χ0) is 13.1. The molecule has 0 aliphatic rings. The van der Waals surface area contributed by atoms with Crippen LogP contribution in [0.3, 0.4) is 0 Å². The topological polar surface area (TPSA) is 79.3 Å². The zero-order valence-electron chi connectivity index (χ0n) is 9.59.